The molecule has 1 saturated heterocycles. The monoisotopic (exact) mass is 278 g/mol. The maximum Gasteiger partial charge on any atom is 0.237 e. The van der Waals surface area contributed by atoms with Crippen LogP contribution in [-0.2, 0) is 9.53 Å². The van der Waals surface area contributed by atoms with Crippen molar-refractivity contribution < 1.29 is 9.53 Å². The van der Waals surface area contributed by atoms with Gasteiger partial charge in [0.2, 0.25) is 5.91 Å². The zero-order chi connectivity index (χ0) is 12.8. The topological polar surface area (TPSA) is 64.4 Å². The van der Waals surface area contributed by atoms with Crippen molar-refractivity contribution in [1.29, 1.82) is 0 Å². The first-order valence-corrected chi connectivity index (χ1v) is 6.72. The summed E-state index contributed by atoms with van der Waals surface area (Å²) in [5, 5.41) is 3.04. The van der Waals surface area contributed by atoms with E-state index >= 15 is 0 Å². The minimum Gasteiger partial charge on any atom is -0.378 e. The van der Waals surface area contributed by atoms with E-state index in [1.54, 1.807) is 0 Å². The number of rotatable bonds is 5. The highest BCUT2D eigenvalue weighted by Crippen LogP contribution is 2.20. The Labute approximate surface area is 116 Å². The SMILES string of the molecule is CCCC(N)C(=O)NC1CCOC(C(C)C)C1.Cl. The molecule has 0 aromatic rings. The van der Waals surface area contributed by atoms with Gasteiger partial charge in [-0.1, -0.05) is 27.2 Å². The van der Waals surface area contributed by atoms with Crippen molar-refractivity contribution >= 4 is 18.3 Å². The number of halogens is 1. The number of ether oxygens (including phenoxy) is 1. The van der Waals surface area contributed by atoms with Crippen LogP contribution in [0.25, 0.3) is 0 Å². The Morgan fingerprint density at radius 3 is 2.72 bits per heavy atom. The first-order chi connectivity index (χ1) is 8.04. The Morgan fingerprint density at radius 2 is 2.17 bits per heavy atom. The average Bonchev–Trinajstić information content (AvgIpc) is 2.29. The summed E-state index contributed by atoms with van der Waals surface area (Å²) in [6, 6.07) is -0.132. The summed E-state index contributed by atoms with van der Waals surface area (Å²) in [4.78, 5) is 11.8. The normalized spacial score (nSPS) is 25.4. The number of carbonyl (C=O) groups excluding carboxylic acids is 1. The van der Waals surface area contributed by atoms with Gasteiger partial charge in [0.1, 0.15) is 0 Å². The number of hydrogen-bond acceptors (Lipinski definition) is 3. The van der Waals surface area contributed by atoms with E-state index in [4.69, 9.17) is 10.5 Å². The number of hydrogen-bond donors (Lipinski definition) is 2. The van der Waals surface area contributed by atoms with Gasteiger partial charge in [-0.25, -0.2) is 0 Å². The highest BCUT2D eigenvalue weighted by atomic mass is 35.5. The molecule has 0 bridgehead atoms. The fraction of sp³-hybridized carbons (Fsp3) is 0.923. The molecule has 0 aromatic heterocycles. The molecule has 0 saturated carbocycles. The molecule has 1 amide bonds. The summed E-state index contributed by atoms with van der Waals surface area (Å²) in [6.07, 6.45) is 3.76. The van der Waals surface area contributed by atoms with Crippen molar-refractivity contribution in [3.63, 3.8) is 0 Å². The van der Waals surface area contributed by atoms with Crippen molar-refractivity contribution in [2.75, 3.05) is 6.61 Å². The molecule has 3 unspecified atom stereocenters. The van der Waals surface area contributed by atoms with E-state index in [9.17, 15) is 4.79 Å². The molecule has 1 rings (SSSR count). The maximum absolute atomic E-state index is 11.8. The molecule has 4 nitrogen and oxygen atoms in total. The summed E-state index contributed by atoms with van der Waals surface area (Å²) in [7, 11) is 0. The summed E-state index contributed by atoms with van der Waals surface area (Å²) < 4.78 is 5.68. The van der Waals surface area contributed by atoms with Gasteiger partial charge in [0.15, 0.2) is 0 Å². The van der Waals surface area contributed by atoms with E-state index < -0.39 is 0 Å². The molecule has 18 heavy (non-hydrogen) atoms. The van der Waals surface area contributed by atoms with Gasteiger partial charge in [0.25, 0.3) is 0 Å². The van der Waals surface area contributed by atoms with Gasteiger partial charge in [0, 0.05) is 12.6 Å². The van der Waals surface area contributed by atoms with E-state index in [1.807, 2.05) is 6.92 Å². The minimum absolute atomic E-state index is 0. The van der Waals surface area contributed by atoms with Crippen molar-refractivity contribution in [3.05, 3.63) is 0 Å². The fourth-order valence-electron chi connectivity index (χ4n) is 2.17. The Hall–Kier alpha value is -0.320. The molecule has 1 fully saturated rings. The molecule has 1 aliphatic rings. The summed E-state index contributed by atoms with van der Waals surface area (Å²) in [5.74, 6) is 0.486. The molecular formula is C13H27ClN2O2. The predicted molar refractivity (Wildman–Crippen MR) is 75.9 cm³/mol. The molecule has 3 N–H and O–H groups in total. The van der Waals surface area contributed by atoms with Gasteiger partial charge >= 0.3 is 0 Å². The number of nitrogens with one attached hydrogen (secondary N) is 1. The molecule has 0 spiro atoms. The Morgan fingerprint density at radius 1 is 1.50 bits per heavy atom. The van der Waals surface area contributed by atoms with Crippen molar-refractivity contribution in [1.82, 2.24) is 5.32 Å². The maximum atomic E-state index is 11.8. The van der Waals surface area contributed by atoms with Gasteiger partial charge < -0.3 is 15.8 Å². The molecule has 1 heterocycles. The standard InChI is InChI=1S/C13H26N2O2.ClH/c1-4-5-11(14)13(16)15-10-6-7-17-12(8-10)9(2)3;/h9-12H,4-8,14H2,1-3H3,(H,15,16);1H. The van der Waals surface area contributed by atoms with Crippen LogP contribution < -0.4 is 11.1 Å². The third-order valence-electron chi connectivity index (χ3n) is 3.34. The summed E-state index contributed by atoms with van der Waals surface area (Å²) in [6.45, 7) is 7.07. The number of carbonyl (C=O) groups is 1. The van der Waals surface area contributed by atoms with Gasteiger partial charge in [-0.05, 0) is 25.2 Å². The van der Waals surface area contributed by atoms with Crippen molar-refractivity contribution in [3.8, 4) is 0 Å². The van der Waals surface area contributed by atoms with Crippen LogP contribution in [0.1, 0.15) is 46.5 Å². The largest absolute Gasteiger partial charge is 0.378 e. The molecule has 0 aromatic carbocycles. The molecule has 108 valence electrons. The van der Waals surface area contributed by atoms with Crippen molar-refractivity contribution in [2.24, 2.45) is 11.7 Å². The van der Waals surface area contributed by atoms with Crippen LogP contribution >= 0.6 is 12.4 Å². The lowest BCUT2D eigenvalue weighted by Gasteiger charge is -2.32. The minimum atomic E-state index is -0.361. The van der Waals surface area contributed by atoms with Gasteiger partial charge in [0.05, 0.1) is 12.1 Å². The number of nitrogens with two attached hydrogens (primary N) is 1. The van der Waals surface area contributed by atoms with Crippen LogP contribution in [0.3, 0.4) is 0 Å². The summed E-state index contributed by atoms with van der Waals surface area (Å²) in [5.41, 5.74) is 5.80. The smallest absolute Gasteiger partial charge is 0.237 e. The highest BCUT2D eigenvalue weighted by molar-refractivity contribution is 5.85. The molecular weight excluding hydrogens is 252 g/mol. The second-order valence-corrected chi connectivity index (χ2v) is 5.28. The lowest BCUT2D eigenvalue weighted by atomic mass is 9.95. The van der Waals surface area contributed by atoms with Crippen LogP contribution in [-0.4, -0.2) is 30.7 Å². The van der Waals surface area contributed by atoms with Crippen LogP contribution in [0, 0.1) is 5.92 Å². The highest BCUT2D eigenvalue weighted by Gasteiger charge is 2.26. The van der Waals surface area contributed by atoms with Crippen LogP contribution in [0.4, 0.5) is 0 Å². The predicted octanol–water partition coefficient (Wildman–Crippen LogP) is 1.86. The third-order valence-corrected chi connectivity index (χ3v) is 3.34. The molecule has 0 aliphatic carbocycles. The quantitative estimate of drug-likeness (QED) is 0.807. The van der Waals surface area contributed by atoms with E-state index in [-0.39, 0.29) is 36.5 Å². The van der Waals surface area contributed by atoms with Crippen LogP contribution in [0.15, 0.2) is 0 Å². The summed E-state index contributed by atoms with van der Waals surface area (Å²) >= 11 is 0. The van der Waals surface area contributed by atoms with Crippen LogP contribution in [0.5, 0.6) is 0 Å². The first kappa shape index (κ1) is 17.7. The average molecular weight is 279 g/mol. The molecule has 3 atom stereocenters. The molecule has 0 radical (unpaired) electrons. The van der Waals surface area contributed by atoms with Crippen LogP contribution in [0.2, 0.25) is 0 Å². The van der Waals surface area contributed by atoms with E-state index in [1.165, 1.54) is 0 Å². The molecule has 5 heteroatoms. The lowest BCUT2D eigenvalue weighted by molar-refractivity contribution is -0.124. The van der Waals surface area contributed by atoms with E-state index in [0.29, 0.717) is 5.92 Å². The van der Waals surface area contributed by atoms with E-state index in [2.05, 4.69) is 19.2 Å². The Kier molecular flexibility index (Phi) is 8.57. The second kappa shape index (κ2) is 8.73. The second-order valence-electron chi connectivity index (χ2n) is 5.28. The zero-order valence-corrected chi connectivity index (χ0v) is 12.5. The third kappa shape index (κ3) is 5.55. The Bertz CT molecular complexity index is 249. The zero-order valence-electron chi connectivity index (χ0n) is 11.6. The number of amides is 1. The van der Waals surface area contributed by atoms with Gasteiger partial charge in [-0.15, -0.1) is 12.4 Å². The van der Waals surface area contributed by atoms with Gasteiger partial charge in [-0.3, -0.25) is 4.79 Å². The first-order valence-electron chi connectivity index (χ1n) is 6.72. The lowest BCUT2D eigenvalue weighted by Crippen LogP contribution is -2.49. The molecule has 1 aliphatic heterocycles. The Balaban J connectivity index is 0.00000289. The van der Waals surface area contributed by atoms with Gasteiger partial charge in [-0.2, -0.15) is 0 Å². The fourth-order valence-corrected chi connectivity index (χ4v) is 2.17. The van der Waals surface area contributed by atoms with E-state index in [0.717, 1.165) is 32.3 Å². The van der Waals surface area contributed by atoms with Crippen molar-refractivity contribution in [2.45, 2.75) is 64.6 Å².